The first kappa shape index (κ1) is 17.0. The number of aliphatic hydroxyl groups is 1. The van der Waals surface area contributed by atoms with Gasteiger partial charge in [0.05, 0.1) is 17.8 Å². The summed E-state index contributed by atoms with van der Waals surface area (Å²) in [5, 5.41) is 11.5. The highest BCUT2D eigenvalue weighted by atomic mass is 16.6. The van der Waals surface area contributed by atoms with Crippen LogP contribution in [0.3, 0.4) is 0 Å². The summed E-state index contributed by atoms with van der Waals surface area (Å²) in [5.74, 6) is 3.45. The van der Waals surface area contributed by atoms with Gasteiger partial charge in [0.15, 0.2) is 0 Å². The fourth-order valence-corrected chi connectivity index (χ4v) is 8.61. The molecule has 0 bridgehead atoms. The van der Waals surface area contributed by atoms with Gasteiger partial charge >= 0.3 is 0 Å². The minimum absolute atomic E-state index is 0.183. The third kappa shape index (κ3) is 2.16. The molecule has 2 nitrogen and oxygen atoms in total. The summed E-state index contributed by atoms with van der Waals surface area (Å²) in [6.45, 7) is 8.38. The van der Waals surface area contributed by atoms with Crippen LogP contribution in [0.1, 0.15) is 91.4 Å². The van der Waals surface area contributed by atoms with Gasteiger partial charge in [-0.15, -0.1) is 0 Å². The summed E-state index contributed by atoms with van der Waals surface area (Å²) >= 11 is 0. The molecule has 0 aromatic rings. The van der Waals surface area contributed by atoms with E-state index in [1.165, 1.54) is 51.4 Å². The summed E-state index contributed by atoms with van der Waals surface area (Å²) in [6, 6.07) is 0. The zero-order valence-electron chi connectivity index (χ0n) is 16.7. The van der Waals surface area contributed by atoms with E-state index in [0.29, 0.717) is 11.0 Å². The van der Waals surface area contributed by atoms with Gasteiger partial charge in [-0.25, -0.2) is 0 Å². The number of ether oxygens (including phenoxy) is 1. The van der Waals surface area contributed by atoms with E-state index in [2.05, 4.69) is 20.8 Å². The highest BCUT2D eigenvalue weighted by Gasteiger charge is 2.65. The van der Waals surface area contributed by atoms with Gasteiger partial charge in [-0.2, -0.15) is 0 Å². The molecule has 4 aliphatic carbocycles. The van der Waals surface area contributed by atoms with Gasteiger partial charge in [0, 0.05) is 0 Å². The van der Waals surface area contributed by atoms with Crippen LogP contribution in [0.2, 0.25) is 0 Å². The molecule has 8 atom stereocenters. The van der Waals surface area contributed by atoms with Crippen LogP contribution in [0.25, 0.3) is 0 Å². The van der Waals surface area contributed by atoms with E-state index in [4.69, 9.17) is 4.74 Å². The lowest BCUT2D eigenvalue weighted by Crippen LogP contribution is -2.57. The summed E-state index contributed by atoms with van der Waals surface area (Å²) in [7, 11) is 0. The van der Waals surface area contributed by atoms with E-state index in [9.17, 15) is 5.11 Å². The van der Waals surface area contributed by atoms with Gasteiger partial charge < -0.3 is 9.84 Å². The maximum absolute atomic E-state index is 11.5. The third-order valence-electron chi connectivity index (χ3n) is 10.3. The van der Waals surface area contributed by atoms with Gasteiger partial charge in [-0.1, -0.05) is 27.2 Å². The summed E-state index contributed by atoms with van der Waals surface area (Å²) in [5.41, 5.74) is 0.665. The molecule has 4 saturated carbocycles. The van der Waals surface area contributed by atoms with Gasteiger partial charge in [0.2, 0.25) is 0 Å². The second-order valence-corrected chi connectivity index (χ2v) is 11.1. The molecule has 1 saturated heterocycles. The Labute approximate surface area is 154 Å². The maximum atomic E-state index is 11.5. The highest BCUT2D eigenvalue weighted by molar-refractivity contribution is 5.15. The normalized spacial score (nSPS) is 60.0. The predicted molar refractivity (Wildman–Crippen MR) is 100 cm³/mol. The minimum atomic E-state index is -0.381. The smallest absolute Gasteiger partial charge is 0.0919 e. The molecule has 0 aromatic carbocycles. The molecule has 5 fully saturated rings. The topological polar surface area (TPSA) is 32.8 Å². The Balaban J connectivity index is 1.42. The molecule has 5 rings (SSSR count). The standard InChI is InChI=1S/C23H38O2/c1-4-9-23(24)11-8-19-17-6-5-16-14-22(15-25-22)13-12-20(16,2)18(17)7-10-21(19,23)3/h16-19,24H,4-15H2,1-3H3/t16-,17-,18-,19-,20-,21-,22-,23-/m0/s1. The van der Waals surface area contributed by atoms with Crippen molar-refractivity contribution < 1.29 is 9.84 Å². The molecule has 5 aliphatic rings. The van der Waals surface area contributed by atoms with Crippen molar-refractivity contribution in [1.82, 2.24) is 0 Å². The Kier molecular flexibility index (Phi) is 3.58. The molecule has 1 aliphatic heterocycles. The summed E-state index contributed by atoms with van der Waals surface area (Å²) in [6.07, 6.45) is 14.0. The number of hydrogen-bond donors (Lipinski definition) is 1. The van der Waals surface area contributed by atoms with Crippen LogP contribution in [0.15, 0.2) is 0 Å². The third-order valence-corrected chi connectivity index (χ3v) is 10.3. The molecule has 0 unspecified atom stereocenters. The number of fused-ring (bicyclic) bond motifs is 5. The van der Waals surface area contributed by atoms with Crippen LogP contribution in [-0.4, -0.2) is 22.9 Å². The Morgan fingerprint density at radius 3 is 2.44 bits per heavy atom. The average molecular weight is 347 g/mol. The van der Waals surface area contributed by atoms with Crippen LogP contribution in [0.4, 0.5) is 0 Å². The van der Waals surface area contributed by atoms with Gasteiger partial charge in [0.25, 0.3) is 0 Å². The Hall–Kier alpha value is -0.0800. The van der Waals surface area contributed by atoms with Crippen molar-refractivity contribution in [2.24, 2.45) is 34.5 Å². The maximum Gasteiger partial charge on any atom is 0.0919 e. The predicted octanol–water partition coefficient (Wildman–Crippen LogP) is 5.33. The van der Waals surface area contributed by atoms with Crippen molar-refractivity contribution >= 4 is 0 Å². The molecule has 142 valence electrons. The highest BCUT2D eigenvalue weighted by Crippen LogP contribution is 2.70. The molecule has 1 heterocycles. The van der Waals surface area contributed by atoms with Crippen LogP contribution in [-0.2, 0) is 4.74 Å². The second-order valence-electron chi connectivity index (χ2n) is 11.1. The Bertz CT molecular complexity index is 554. The van der Waals surface area contributed by atoms with E-state index in [1.807, 2.05) is 0 Å². The largest absolute Gasteiger partial charge is 0.389 e. The van der Waals surface area contributed by atoms with Crippen LogP contribution in [0, 0.1) is 34.5 Å². The first-order chi connectivity index (χ1) is 11.9. The number of hydrogen-bond acceptors (Lipinski definition) is 2. The van der Waals surface area contributed by atoms with E-state index in [1.54, 1.807) is 0 Å². The Morgan fingerprint density at radius 2 is 1.72 bits per heavy atom. The molecule has 25 heavy (non-hydrogen) atoms. The van der Waals surface area contributed by atoms with Crippen molar-refractivity contribution in [3.63, 3.8) is 0 Å². The fraction of sp³-hybridized carbons (Fsp3) is 1.00. The molecule has 1 spiro atoms. The lowest BCUT2D eigenvalue weighted by Gasteiger charge is -2.61. The molecular weight excluding hydrogens is 308 g/mol. The van der Waals surface area contributed by atoms with Crippen molar-refractivity contribution in [3.05, 3.63) is 0 Å². The van der Waals surface area contributed by atoms with E-state index >= 15 is 0 Å². The average Bonchev–Trinajstić information content (AvgIpc) is 3.28. The molecular formula is C23H38O2. The monoisotopic (exact) mass is 346 g/mol. The Morgan fingerprint density at radius 1 is 0.960 bits per heavy atom. The van der Waals surface area contributed by atoms with E-state index in [0.717, 1.165) is 49.5 Å². The van der Waals surface area contributed by atoms with Crippen LogP contribution >= 0.6 is 0 Å². The number of rotatable bonds is 2. The lowest BCUT2D eigenvalue weighted by molar-refractivity contribution is -0.157. The molecule has 1 N–H and O–H groups in total. The van der Waals surface area contributed by atoms with Gasteiger partial charge in [0.1, 0.15) is 0 Å². The minimum Gasteiger partial charge on any atom is -0.389 e. The quantitative estimate of drug-likeness (QED) is 0.686. The van der Waals surface area contributed by atoms with Crippen molar-refractivity contribution in [2.75, 3.05) is 6.61 Å². The fourth-order valence-electron chi connectivity index (χ4n) is 8.61. The zero-order valence-corrected chi connectivity index (χ0v) is 16.7. The SMILES string of the molecule is CCC[C@]1(O)CC[C@H]2[C@H]3CC[C@H]4C[C@@]5(CC[C@]4(C)[C@H]3CC[C@@]21C)CO5. The van der Waals surface area contributed by atoms with E-state index in [-0.39, 0.29) is 11.0 Å². The molecule has 0 aromatic heterocycles. The summed E-state index contributed by atoms with van der Waals surface area (Å²) < 4.78 is 5.87. The van der Waals surface area contributed by atoms with Crippen LogP contribution < -0.4 is 0 Å². The lowest BCUT2D eigenvalue weighted by atomic mass is 9.44. The first-order valence-electron chi connectivity index (χ1n) is 11.2. The van der Waals surface area contributed by atoms with Crippen molar-refractivity contribution in [1.29, 1.82) is 0 Å². The van der Waals surface area contributed by atoms with Gasteiger partial charge in [-0.05, 0) is 98.7 Å². The summed E-state index contributed by atoms with van der Waals surface area (Å²) in [4.78, 5) is 0. The van der Waals surface area contributed by atoms with E-state index < -0.39 is 0 Å². The second kappa shape index (κ2) is 5.25. The molecule has 0 amide bonds. The van der Waals surface area contributed by atoms with Crippen molar-refractivity contribution in [3.8, 4) is 0 Å². The first-order valence-corrected chi connectivity index (χ1v) is 11.2. The molecule has 2 heteroatoms. The number of epoxide rings is 1. The van der Waals surface area contributed by atoms with Gasteiger partial charge in [-0.3, -0.25) is 0 Å². The van der Waals surface area contributed by atoms with Crippen molar-refractivity contribution in [2.45, 2.75) is 103 Å². The van der Waals surface area contributed by atoms with Crippen LogP contribution in [0.5, 0.6) is 0 Å². The zero-order chi connectivity index (χ0) is 17.5. The molecule has 0 radical (unpaired) electrons.